The van der Waals surface area contributed by atoms with Crippen LogP contribution < -0.4 is 10.6 Å². The van der Waals surface area contributed by atoms with E-state index in [1.54, 1.807) is 39.8 Å². The van der Waals surface area contributed by atoms with Gasteiger partial charge in [-0.25, -0.2) is 4.79 Å². The molecule has 0 spiro atoms. The third-order valence-electron chi connectivity index (χ3n) is 4.89. The number of nitrogens with zero attached hydrogens (tertiary/aromatic N) is 2. The molecule has 11 heteroatoms. The summed E-state index contributed by atoms with van der Waals surface area (Å²) < 4.78 is 10.1. The summed E-state index contributed by atoms with van der Waals surface area (Å²) in [6, 6.07) is 6.67. The molecule has 10 nitrogen and oxygen atoms in total. The Balaban J connectivity index is 3.27. The molecule has 0 saturated heterocycles. The molecular formula is C25H36N4O6S. The molecule has 0 aromatic heterocycles. The highest BCUT2D eigenvalue weighted by atomic mass is 32.1. The Kier molecular flexibility index (Phi) is 12.8. The number of nitrogens with one attached hydrogen (secondary N) is 2. The molecule has 0 saturated carbocycles. The molecule has 0 radical (unpaired) electrons. The van der Waals surface area contributed by atoms with Gasteiger partial charge >= 0.3 is 12.1 Å². The van der Waals surface area contributed by atoms with Crippen LogP contribution in [0, 0.1) is 11.3 Å². The summed E-state index contributed by atoms with van der Waals surface area (Å²) in [5.74, 6) is -1.82. The molecule has 198 valence electrons. The second-order valence-electron chi connectivity index (χ2n) is 8.85. The molecule has 2 atom stereocenters. The lowest BCUT2D eigenvalue weighted by Crippen LogP contribution is -2.54. The van der Waals surface area contributed by atoms with Crippen LogP contribution in [0.15, 0.2) is 24.3 Å². The van der Waals surface area contributed by atoms with Gasteiger partial charge in [0.15, 0.2) is 0 Å². The second-order valence-corrected chi connectivity index (χ2v) is 9.21. The highest BCUT2D eigenvalue weighted by Crippen LogP contribution is 2.23. The Bertz CT molecular complexity index is 939. The Morgan fingerprint density at radius 2 is 1.78 bits per heavy atom. The van der Waals surface area contributed by atoms with E-state index in [0.717, 1.165) is 16.9 Å². The van der Waals surface area contributed by atoms with Gasteiger partial charge in [0, 0.05) is 12.3 Å². The number of hydrogen-bond acceptors (Lipinski definition) is 8. The van der Waals surface area contributed by atoms with Crippen molar-refractivity contribution < 1.29 is 28.7 Å². The molecule has 2 N–H and O–H groups in total. The predicted octanol–water partition coefficient (Wildman–Crippen LogP) is 2.53. The van der Waals surface area contributed by atoms with Gasteiger partial charge in [-0.1, -0.05) is 31.2 Å². The Morgan fingerprint density at radius 3 is 2.28 bits per heavy atom. The molecule has 2 unspecified atom stereocenters. The molecule has 1 aromatic rings. The number of esters is 1. The molecule has 3 amide bonds. The first-order chi connectivity index (χ1) is 17.0. The summed E-state index contributed by atoms with van der Waals surface area (Å²) in [7, 11) is 0. The van der Waals surface area contributed by atoms with E-state index in [-0.39, 0.29) is 25.3 Å². The average molecular weight is 521 g/mol. The molecule has 0 fully saturated rings. The van der Waals surface area contributed by atoms with Gasteiger partial charge < -0.3 is 25.0 Å². The molecule has 0 bridgehead atoms. The van der Waals surface area contributed by atoms with Gasteiger partial charge in [-0.2, -0.15) is 17.9 Å². The first kappa shape index (κ1) is 30.8. The zero-order chi connectivity index (χ0) is 27.3. The first-order valence-electron chi connectivity index (χ1n) is 11.8. The summed E-state index contributed by atoms with van der Waals surface area (Å²) in [6.07, 6.45) is -0.0965. The lowest BCUT2D eigenvalue weighted by atomic mass is 10.0. The molecule has 0 aliphatic heterocycles. The number of thiol groups is 1. The maximum Gasteiger partial charge on any atom is 0.408 e. The van der Waals surface area contributed by atoms with Gasteiger partial charge in [-0.15, -0.1) is 0 Å². The average Bonchev–Trinajstić information content (AvgIpc) is 2.81. The number of aryl methyl sites for hydroxylation is 1. The molecular weight excluding hydrogens is 484 g/mol. The van der Waals surface area contributed by atoms with Crippen LogP contribution >= 0.6 is 12.6 Å². The fourth-order valence-electron chi connectivity index (χ4n) is 3.23. The summed E-state index contributed by atoms with van der Waals surface area (Å²) in [5, 5.41) is 14.6. The van der Waals surface area contributed by atoms with Gasteiger partial charge in [-0.05, 0) is 45.2 Å². The first-order valence-corrected chi connectivity index (χ1v) is 12.4. The number of amides is 3. The van der Waals surface area contributed by atoms with E-state index in [1.807, 2.05) is 25.1 Å². The molecule has 1 rings (SSSR count). The van der Waals surface area contributed by atoms with E-state index in [2.05, 4.69) is 23.3 Å². The summed E-state index contributed by atoms with van der Waals surface area (Å²) in [6.45, 7) is 8.50. The maximum absolute atomic E-state index is 13.5. The standard InChI is InChI=1S/C25H36N4O6S/c1-6-17-8-10-18(11-9-17)21(22(31)27-14-12-20(30)34-7-2)29(15-13-26)23(32)19(16-36)28-24(33)35-25(3,4)5/h8-11,19,21,36H,6-7,12,14-16H2,1-5H3,(H,27,31)(H,28,33). The van der Waals surface area contributed by atoms with E-state index >= 15 is 0 Å². The highest BCUT2D eigenvalue weighted by Gasteiger charge is 2.35. The molecule has 0 aliphatic rings. The van der Waals surface area contributed by atoms with Crippen molar-refractivity contribution in [2.45, 2.75) is 65.1 Å². The number of hydrogen-bond donors (Lipinski definition) is 3. The largest absolute Gasteiger partial charge is 0.466 e. The third-order valence-corrected chi connectivity index (χ3v) is 5.26. The zero-order valence-electron chi connectivity index (χ0n) is 21.5. The Hall–Kier alpha value is -3.26. The highest BCUT2D eigenvalue weighted by molar-refractivity contribution is 7.80. The minimum absolute atomic E-state index is 0.0120. The number of benzene rings is 1. The van der Waals surface area contributed by atoms with Crippen LogP contribution in [-0.4, -0.2) is 65.9 Å². The van der Waals surface area contributed by atoms with Crippen LogP contribution in [0.5, 0.6) is 0 Å². The van der Waals surface area contributed by atoms with Crippen molar-refractivity contribution in [2.24, 2.45) is 0 Å². The maximum atomic E-state index is 13.5. The SMILES string of the molecule is CCOC(=O)CCNC(=O)C(c1ccc(CC)cc1)N(CC#N)C(=O)C(CS)NC(=O)OC(C)(C)C. The topological polar surface area (TPSA) is 138 Å². The van der Waals surface area contributed by atoms with Crippen LogP contribution in [-0.2, 0) is 30.3 Å². The Morgan fingerprint density at radius 1 is 1.14 bits per heavy atom. The quantitative estimate of drug-likeness (QED) is 0.219. The van der Waals surface area contributed by atoms with E-state index in [1.165, 1.54) is 0 Å². The van der Waals surface area contributed by atoms with E-state index in [9.17, 15) is 24.4 Å². The number of carbonyl (C=O) groups excluding carboxylic acids is 4. The number of alkyl carbamates (subject to hydrolysis) is 1. The van der Waals surface area contributed by atoms with Crippen molar-refractivity contribution >= 4 is 36.5 Å². The van der Waals surface area contributed by atoms with Crippen LogP contribution in [0.4, 0.5) is 4.79 Å². The minimum Gasteiger partial charge on any atom is -0.466 e. The van der Waals surface area contributed by atoms with Gasteiger partial charge in [0.2, 0.25) is 11.8 Å². The van der Waals surface area contributed by atoms with Gasteiger partial charge in [-0.3, -0.25) is 14.4 Å². The van der Waals surface area contributed by atoms with Crippen molar-refractivity contribution in [3.63, 3.8) is 0 Å². The van der Waals surface area contributed by atoms with E-state index < -0.39 is 48.1 Å². The summed E-state index contributed by atoms with van der Waals surface area (Å²) >= 11 is 4.18. The van der Waals surface area contributed by atoms with E-state index in [0.29, 0.717) is 5.56 Å². The molecule has 36 heavy (non-hydrogen) atoms. The fraction of sp³-hybridized carbons (Fsp3) is 0.560. The fourth-order valence-corrected chi connectivity index (χ4v) is 3.48. The van der Waals surface area contributed by atoms with Crippen LogP contribution in [0.3, 0.4) is 0 Å². The smallest absolute Gasteiger partial charge is 0.408 e. The minimum atomic E-state index is -1.19. The zero-order valence-corrected chi connectivity index (χ0v) is 22.4. The van der Waals surface area contributed by atoms with Crippen molar-refractivity contribution in [1.29, 1.82) is 5.26 Å². The number of carbonyl (C=O) groups is 4. The number of rotatable bonds is 12. The van der Waals surface area contributed by atoms with Crippen LogP contribution in [0.2, 0.25) is 0 Å². The summed E-state index contributed by atoms with van der Waals surface area (Å²) in [4.78, 5) is 51.8. The number of ether oxygens (including phenoxy) is 2. The van der Waals surface area contributed by atoms with Gasteiger partial charge in [0.05, 0.1) is 19.1 Å². The van der Waals surface area contributed by atoms with Gasteiger partial charge in [0.25, 0.3) is 0 Å². The third kappa shape index (κ3) is 10.2. The lowest BCUT2D eigenvalue weighted by Gasteiger charge is -2.32. The second kappa shape index (κ2) is 15.0. The monoisotopic (exact) mass is 520 g/mol. The van der Waals surface area contributed by atoms with Crippen LogP contribution in [0.1, 0.15) is 58.2 Å². The van der Waals surface area contributed by atoms with E-state index in [4.69, 9.17) is 9.47 Å². The van der Waals surface area contributed by atoms with Gasteiger partial charge in [0.1, 0.15) is 24.2 Å². The molecule has 0 aliphatic carbocycles. The van der Waals surface area contributed by atoms with Crippen molar-refractivity contribution in [1.82, 2.24) is 15.5 Å². The molecule has 1 aromatic carbocycles. The lowest BCUT2D eigenvalue weighted by molar-refractivity contribution is -0.144. The van der Waals surface area contributed by atoms with Crippen molar-refractivity contribution in [2.75, 3.05) is 25.4 Å². The normalized spacial score (nSPS) is 12.5. The predicted molar refractivity (Wildman–Crippen MR) is 137 cm³/mol. The number of nitriles is 1. The van der Waals surface area contributed by atoms with Crippen LogP contribution in [0.25, 0.3) is 0 Å². The van der Waals surface area contributed by atoms with Crippen molar-refractivity contribution in [3.05, 3.63) is 35.4 Å². The van der Waals surface area contributed by atoms with Crippen molar-refractivity contribution in [3.8, 4) is 6.07 Å². The molecule has 0 heterocycles. The Labute approximate surface area is 218 Å². The summed E-state index contributed by atoms with van der Waals surface area (Å²) in [5.41, 5.74) is 0.709.